The molecule has 6 heteroatoms. The van der Waals surface area contributed by atoms with Gasteiger partial charge in [-0.2, -0.15) is 13.2 Å². The number of benzene rings is 2. The number of rotatable bonds is 5. The Morgan fingerprint density at radius 2 is 1.68 bits per heavy atom. The molecule has 0 fully saturated rings. The van der Waals surface area contributed by atoms with Crippen molar-refractivity contribution in [3.8, 4) is 11.5 Å². The standard InChI is InChI=1S/C19H17F3N2O/c1-2-24(17-6-4-3-5-7-17)12-16-13-25-18(23-16)14-8-10-15(11-9-14)19(20,21)22/h3-11,13H,2,12H2,1H3. The number of halogens is 3. The highest BCUT2D eigenvalue weighted by Gasteiger charge is 2.30. The van der Waals surface area contributed by atoms with E-state index in [9.17, 15) is 13.2 Å². The fourth-order valence-corrected chi connectivity index (χ4v) is 2.53. The summed E-state index contributed by atoms with van der Waals surface area (Å²) in [5.74, 6) is 0.313. The van der Waals surface area contributed by atoms with E-state index in [-0.39, 0.29) is 0 Å². The van der Waals surface area contributed by atoms with Crippen LogP contribution in [0.5, 0.6) is 0 Å². The molecule has 3 rings (SSSR count). The molecule has 0 saturated carbocycles. The highest BCUT2D eigenvalue weighted by Crippen LogP contribution is 2.31. The summed E-state index contributed by atoms with van der Waals surface area (Å²) in [6.45, 7) is 3.40. The lowest BCUT2D eigenvalue weighted by atomic mass is 10.1. The lowest BCUT2D eigenvalue weighted by Crippen LogP contribution is -2.21. The van der Waals surface area contributed by atoms with Crippen molar-refractivity contribution < 1.29 is 17.6 Å². The molecule has 0 aliphatic rings. The smallest absolute Gasteiger partial charge is 0.416 e. The first-order chi connectivity index (χ1) is 12.0. The number of oxazole rings is 1. The zero-order chi connectivity index (χ0) is 17.9. The first-order valence-electron chi connectivity index (χ1n) is 7.89. The van der Waals surface area contributed by atoms with E-state index < -0.39 is 11.7 Å². The second-order valence-electron chi connectivity index (χ2n) is 5.57. The predicted molar refractivity (Wildman–Crippen MR) is 90.1 cm³/mol. The molecule has 3 nitrogen and oxygen atoms in total. The van der Waals surface area contributed by atoms with Crippen molar-refractivity contribution in [3.63, 3.8) is 0 Å². The largest absolute Gasteiger partial charge is 0.444 e. The third-order valence-electron chi connectivity index (χ3n) is 3.87. The Hall–Kier alpha value is -2.76. The molecule has 0 unspecified atom stereocenters. The molecule has 0 N–H and O–H groups in total. The van der Waals surface area contributed by atoms with Gasteiger partial charge in [0.2, 0.25) is 5.89 Å². The topological polar surface area (TPSA) is 29.3 Å². The van der Waals surface area contributed by atoms with Gasteiger partial charge >= 0.3 is 6.18 Å². The fourth-order valence-electron chi connectivity index (χ4n) is 2.53. The molecule has 0 radical (unpaired) electrons. The van der Waals surface area contributed by atoms with Crippen molar-refractivity contribution in [2.75, 3.05) is 11.4 Å². The van der Waals surface area contributed by atoms with Crippen LogP contribution >= 0.6 is 0 Å². The van der Waals surface area contributed by atoms with Gasteiger partial charge in [-0.1, -0.05) is 18.2 Å². The summed E-state index contributed by atoms with van der Waals surface area (Å²) in [6.07, 6.45) is -2.81. The number of alkyl halides is 3. The van der Waals surface area contributed by atoms with Crippen molar-refractivity contribution in [2.24, 2.45) is 0 Å². The number of anilines is 1. The molecule has 0 aliphatic heterocycles. The monoisotopic (exact) mass is 346 g/mol. The van der Waals surface area contributed by atoms with Gasteiger partial charge in [0.25, 0.3) is 0 Å². The van der Waals surface area contributed by atoms with Crippen molar-refractivity contribution in [1.29, 1.82) is 0 Å². The molecule has 0 saturated heterocycles. The van der Waals surface area contributed by atoms with Crippen molar-refractivity contribution >= 4 is 5.69 Å². The van der Waals surface area contributed by atoms with E-state index in [0.717, 1.165) is 30.1 Å². The Balaban J connectivity index is 1.76. The Morgan fingerprint density at radius 1 is 1.00 bits per heavy atom. The molecule has 0 aliphatic carbocycles. The van der Waals surface area contributed by atoms with E-state index in [1.54, 1.807) is 6.26 Å². The van der Waals surface area contributed by atoms with E-state index in [4.69, 9.17) is 4.42 Å². The zero-order valence-corrected chi connectivity index (χ0v) is 13.6. The predicted octanol–water partition coefficient (Wildman–Crippen LogP) is 5.39. The molecule has 3 aromatic rings. The van der Waals surface area contributed by atoms with Gasteiger partial charge in [-0.3, -0.25) is 0 Å². The molecule has 0 spiro atoms. The van der Waals surface area contributed by atoms with Gasteiger partial charge in [0.05, 0.1) is 17.8 Å². The molecular formula is C19H17F3N2O. The van der Waals surface area contributed by atoms with Crippen molar-refractivity contribution in [1.82, 2.24) is 4.98 Å². The van der Waals surface area contributed by atoms with E-state index >= 15 is 0 Å². The number of hydrogen-bond acceptors (Lipinski definition) is 3. The van der Waals surface area contributed by atoms with Crippen LogP contribution < -0.4 is 4.90 Å². The van der Waals surface area contributed by atoms with Crippen LogP contribution in [0.1, 0.15) is 18.2 Å². The van der Waals surface area contributed by atoms with Crippen LogP contribution in [0.2, 0.25) is 0 Å². The van der Waals surface area contributed by atoms with Gasteiger partial charge in [0.1, 0.15) is 6.26 Å². The second kappa shape index (κ2) is 7.01. The van der Waals surface area contributed by atoms with Crippen LogP contribution in [-0.4, -0.2) is 11.5 Å². The minimum Gasteiger partial charge on any atom is -0.444 e. The van der Waals surface area contributed by atoms with Gasteiger partial charge in [0.15, 0.2) is 0 Å². The Labute approximate surface area is 143 Å². The SMILES string of the molecule is CCN(Cc1coc(-c2ccc(C(F)(F)F)cc2)n1)c1ccccc1. The number of aromatic nitrogens is 1. The van der Waals surface area contributed by atoms with Crippen molar-refractivity contribution in [3.05, 3.63) is 72.1 Å². The fraction of sp³-hybridized carbons (Fsp3) is 0.211. The summed E-state index contributed by atoms with van der Waals surface area (Å²) < 4.78 is 43.3. The van der Waals surface area contributed by atoms with Gasteiger partial charge in [-0.25, -0.2) is 4.98 Å². The summed E-state index contributed by atoms with van der Waals surface area (Å²) in [5, 5.41) is 0. The highest BCUT2D eigenvalue weighted by molar-refractivity contribution is 5.54. The Morgan fingerprint density at radius 3 is 2.28 bits per heavy atom. The Bertz CT molecular complexity index is 811. The average Bonchev–Trinajstić information content (AvgIpc) is 3.08. The summed E-state index contributed by atoms with van der Waals surface area (Å²) in [5.41, 5.74) is 1.62. The number of para-hydroxylation sites is 1. The molecule has 0 bridgehead atoms. The summed E-state index contributed by atoms with van der Waals surface area (Å²) >= 11 is 0. The lowest BCUT2D eigenvalue weighted by Gasteiger charge is -2.21. The van der Waals surface area contributed by atoms with Crippen LogP contribution in [0, 0.1) is 0 Å². The molecule has 2 aromatic carbocycles. The lowest BCUT2D eigenvalue weighted by molar-refractivity contribution is -0.137. The van der Waals surface area contributed by atoms with Gasteiger partial charge in [0, 0.05) is 17.8 Å². The minimum absolute atomic E-state index is 0.313. The van der Waals surface area contributed by atoms with Crippen LogP contribution in [0.15, 0.2) is 65.3 Å². The van der Waals surface area contributed by atoms with E-state index in [0.29, 0.717) is 18.0 Å². The van der Waals surface area contributed by atoms with E-state index in [2.05, 4.69) is 9.88 Å². The first kappa shape index (κ1) is 17.1. The number of nitrogens with zero attached hydrogens (tertiary/aromatic N) is 2. The minimum atomic E-state index is -4.35. The quantitative estimate of drug-likeness (QED) is 0.620. The third-order valence-corrected chi connectivity index (χ3v) is 3.87. The Kier molecular flexibility index (Phi) is 4.79. The third kappa shape index (κ3) is 4.02. The van der Waals surface area contributed by atoms with Gasteiger partial charge in [-0.05, 0) is 43.3 Å². The maximum Gasteiger partial charge on any atom is 0.416 e. The molecule has 25 heavy (non-hydrogen) atoms. The molecule has 0 amide bonds. The highest BCUT2D eigenvalue weighted by atomic mass is 19.4. The maximum atomic E-state index is 12.6. The number of hydrogen-bond donors (Lipinski definition) is 0. The van der Waals surface area contributed by atoms with Crippen LogP contribution in [0.25, 0.3) is 11.5 Å². The normalized spacial score (nSPS) is 11.5. The maximum absolute atomic E-state index is 12.6. The molecule has 130 valence electrons. The summed E-state index contributed by atoms with van der Waals surface area (Å²) in [6, 6.07) is 14.7. The van der Waals surface area contributed by atoms with Gasteiger partial charge in [-0.15, -0.1) is 0 Å². The van der Waals surface area contributed by atoms with Crippen molar-refractivity contribution in [2.45, 2.75) is 19.6 Å². The average molecular weight is 346 g/mol. The second-order valence-corrected chi connectivity index (χ2v) is 5.57. The molecule has 0 atom stereocenters. The molecule has 1 heterocycles. The van der Waals surface area contributed by atoms with E-state index in [1.165, 1.54) is 12.1 Å². The summed E-state index contributed by atoms with van der Waals surface area (Å²) in [7, 11) is 0. The molecule has 1 aromatic heterocycles. The van der Waals surface area contributed by atoms with Crippen LogP contribution in [0.3, 0.4) is 0 Å². The van der Waals surface area contributed by atoms with Crippen LogP contribution in [0.4, 0.5) is 18.9 Å². The van der Waals surface area contributed by atoms with E-state index in [1.807, 2.05) is 37.3 Å². The van der Waals surface area contributed by atoms with Gasteiger partial charge < -0.3 is 9.32 Å². The van der Waals surface area contributed by atoms with Crippen LogP contribution in [-0.2, 0) is 12.7 Å². The first-order valence-corrected chi connectivity index (χ1v) is 7.89. The molecular weight excluding hydrogens is 329 g/mol. The zero-order valence-electron chi connectivity index (χ0n) is 13.6. The summed E-state index contributed by atoms with van der Waals surface area (Å²) in [4.78, 5) is 6.53.